The van der Waals surface area contributed by atoms with E-state index in [0.29, 0.717) is 23.3 Å². The summed E-state index contributed by atoms with van der Waals surface area (Å²) >= 11 is 0. The molecule has 0 radical (unpaired) electrons. The molecule has 0 aromatic heterocycles. The van der Waals surface area contributed by atoms with Crippen LogP contribution in [0.5, 0.6) is 11.5 Å². The molecule has 154 valence electrons. The van der Waals surface area contributed by atoms with Crippen molar-refractivity contribution in [3.8, 4) is 11.5 Å². The van der Waals surface area contributed by atoms with Crippen molar-refractivity contribution in [2.75, 3.05) is 6.26 Å². The molecule has 2 saturated carbocycles. The van der Waals surface area contributed by atoms with E-state index in [1.165, 1.54) is 50.3 Å². The average Bonchev–Trinajstić information content (AvgIpc) is 3.27. The zero-order valence-corrected chi connectivity index (χ0v) is 17.6. The number of hydrogen-bond donors (Lipinski definition) is 1. The first-order valence-corrected chi connectivity index (χ1v) is 12.6. The van der Waals surface area contributed by atoms with E-state index in [1.807, 2.05) is 12.1 Å². The summed E-state index contributed by atoms with van der Waals surface area (Å²) in [5.74, 6) is 2.18. The first kappa shape index (κ1) is 19.0. The maximum absolute atomic E-state index is 12.3. The lowest BCUT2D eigenvalue weighted by Gasteiger charge is -2.27. The van der Waals surface area contributed by atoms with E-state index in [-0.39, 0.29) is 16.9 Å². The van der Waals surface area contributed by atoms with Crippen LogP contribution in [-0.2, 0) is 16.3 Å². The van der Waals surface area contributed by atoms with Crippen LogP contribution in [0.2, 0.25) is 0 Å². The Hall–Kier alpha value is -2.01. The summed E-state index contributed by atoms with van der Waals surface area (Å²) in [6, 6.07) is 11.1. The molecule has 2 fully saturated rings. The zero-order chi connectivity index (χ0) is 20.2. The minimum Gasteiger partial charge on any atom is -0.508 e. The Morgan fingerprint density at radius 1 is 1.03 bits per heavy atom. The highest BCUT2D eigenvalue weighted by Crippen LogP contribution is 2.52. The molecular weight excluding hydrogens is 384 g/mol. The molecule has 0 spiro atoms. The predicted molar refractivity (Wildman–Crippen MR) is 112 cm³/mol. The largest absolute Gasteiger partial charge is 0.508 e. The quantitative estimate of drug-likeness (QED) is 0.737. The summed E-state index contributed by atoms with van der Waals surface area (Å²) < 4.78 is 31.1. The third-order valence-corrected chi connectivity index (χ3v) is 8.11. The minimum absolute atomic E-state index is 0.208. The highest BCUT2D eigenvalue weighted by Gasteiger charge is 2.42. The van der Waals surface area contributed by atoms with Crippen LogP contribution in [-0.4, -0.2) is 19.8 Å². The number of ether oxygens (including phenoxy) is 1. The number of aromatic hydroxyl groups is 1. The molecule has 2 unspecified atom stereocenters. The summed E-state index contributed by atoms with van der Waals surface area (Å²) in [5.41, 5.74) is 3.25. The Labute approximate surface area is 172 Å². The number of sulfone groups is 1. The van der Waals surface area contributed by atoms with Crippen molar-refractivity contribution in [1.82, 2.24) is 0 Å². The van der Waals surface area contributed by atoms with Crippen molar-refractivity contribution in [3.63, 3.8) is 0 Å². The van der Waals surface area contributed by atoms with Crippen LogP contribution >= 0.6 is 0 Å². The van der Waals surface area contributed by atoms with Crippen molar-refractivity contribution in [1.29, 1.82) is 0 Å². The number of phenolic OH excluding ortho intramolecular Hbond substituents is 1. The van der Waals surface area contributed by atoms with Gasteiger partial charge < -0.3 is 9.84 Å². The van der Waals surface area contributed by atoms with Crippen LogP contribution in [0.1, 0.15) is 67.2 Å². The van der Waals surface area contributed by atoms with Crippen LogP contribution in [0.4, 0.5) is 0 Å². The predicted octanol–water partition coefficient (Wildman–Crippen LogP) is 5.16. The Balaban J connectivity index is 1.57. The van der Waals surface area contributed by atoms with Crippen molar-refractivity contribution in [3.05, 3.63) is 53.1 Å². The molecule has 2 atom stereocenters. The number of phenols is 1. The Morgan fingerprint density at radius 3 is 2.45 bits per heavy atom. The van der Waals surface area contributed by atoms with Crippen LogP contribution in [0, 0.1) is 11.8 Å². The second-order valence-electron chi connectivity index (χ2n) is 9.05. The van der Waals surface area contributed by atoms with E-state index in [1.54, 1.807) is 18.2 Å². The molecule has 29 heavy (non-hydrogen) atoms. The van der Waals surface area contributed by atoms with E-state index in [0.717, 1.165) is 17.5 Å². The number of rotatable bonds is 5. The molecule has 1 N–H and O–H groups in total. The van der Waals surface area contributed by atoms with Gasteiger partial charge in [-0.05, 0) is 60.4 Å². The monoisotopic (exact) mass is 412 g/mol. The van der Waals surface area contributed by atoms with Crippen LogP contribution < -0.4 is 4.74 Å². The molecule has 3 aliphatic rings. The molecule has 0 bridgehead atoms. The highest BCUT2D eigenvalue weighted by atomic mass is 32.2. The molecule has 0 amide bonds. The smallest absolute Gasteiger partial charge is 0.179 e. The standard InChI is InChI=1S/C24H28O4S/c1-29(26,27)23-9-5-4-8-22(23)28-24-18(16-6-2-3-7-16)14-19-20(24)12-17(13-21(19)25)15-10-11-15/h4-5,8-9,12-13,15-16,18,24-25H,2-3,6-7,10-11,14H2,1H3. The van der Waals surface area contributed by atoms with Crippen LogP contribution in [0.15, 0.2) is 41.3 Å². The lowest BCUT2D eigenvalue weighted by molar-refractivity contribution is 0.108. The molecule has 5 heteroatoms. The lowest BCUT2D eigenvalue weighted by atomic mass is 9.86. The summed E-state index contributed by atoms with van der Waals surface area (Å²) in [4.78, 5) is 0.237. The van der Waals surface area contributed by atoms with Crippen molar-refractivity contribution in [2.24, 2.45) is 11.8 Å². The van der Waals surface area contributed by atoms with Crippen molar-refractivity contribution < 1.29 is 18.3 Å². The fraction of sp³-hybridized carbons (Fsp3) is 0.500. The van der Waals surface area contributed by atoms with Gasteiger partial charge >= 0.3 is 0 Å². The fourth-order valence-electron chi connectivity index (χ4n) is 5.34. The topological polar surface area (TPSA) is 63.6 Å². The van der Waals surface area contributed by atoms with Crippen LogP contribution in [0.25, 0.3) is 0 Å². The molecule has 0 aliphatic heterocycles. The summed E-state index contributed by atoms with van der Waals surface area (Å²) in [7, 11) is -3.38. The molecule has 2 aromatic rings. The van der Waals surface area contributed by atoms with Crippen molar-refractivity contribution >= 4 is 9.84 Å². The van der Waals surface area contributed by atoms with E-state index in [9.17, 15) is 13.5 Å². The SMILES string of the molecule is CS(=O)(=O)c1ccccc1OC1c2cc(C3CC3)cc(O)c2CC1C1CCCC1. The van der Waals surface area contributed by atoms with Gasteiger partial charge in [-0.1, -0.05) is 43.9 Å². The number of fused-ring (bicyclic) bond motifs is 1. The lowest BCUT2D eigenvalue weighted by Crippen LogP contribution is -2.22. The zero-order valence-electron chi connectivity index (χ0n) is 16.8. The van der Waals surface area contributed by atoms with Gasteiger partial charge in [0, 0.05) is 17.7 Å². The van der Waals surface area contributed by atoms with Gasteiger partial charge in [-0.3, -0.25) is 0 Å². The molecule has 2 aromatic carbocycles. The minimum atomic E-state index is -3.38. The van der Waals surface area contributed by atoms with Gasteiger partial charge in [0.15, 0.2) is 9.84 Å². The first-order chi connectivity index (χ1) is 13.9. The molecule has 4 nitrogen and oxygen atoms in total. The van der Waals surface area contributed by atoms with Gasteiger partial charge in [0.25, 0.3) is 0 Å². The number of benzene rings is 2. The van der Waals surface area contributed by atoms with Gasteiger partial charge in [-0.15, -0.1) is 0 Å². The second-order valence-corrected chi connectivity index (χ2v) is 11.0. The average molecular weight is 413 g/mol. The molecule has 5 rings (SSSR count). The van der Waals surface area contributed by atoms with E-state index < -0.39 is 9.84 Å². The van der Waals surface area contributed by atoms with Crippen molar-refractivity contribution in [2.45, 2.75) is 61.9 Å². The normalized spacial score (nSPS) is 24.6. The third-order valence-electron chi connectivity index (χ3n) is 6.98. The first-order valence-electron chi connectivity index (χ1n) is 10.7. The summed E-state index contributed by atoms with van der Waals surface area (Å²) in [6.45, 7) is 0. The Bertz CT molecular complexity index is 1030. The number of hydrogen-bond acceptors (Lipinski definition) is 4. The third kappa shape index (κ3) is 3.54. The fourth-order valence-corrected chi connectivity index (χ4v) is 6.15. The van der Waals surface area contributed by atoms with Gasteiger partial charge in [0.1, 0.15) is 22.5 Å². The maximum Gasteiger partial charge on any atom is 0.179 e. The maximum atomic E-state index is 12.3. The second kappa shape index (κ2) is 7.05. The van der Waals surface area contributed by atoms with Gasteiger partial charge in [-0.2, -0.15) is 0 Å². The number of para-hydroxylation sites is 1. The van der Waals surface area contributed by atoms with Gasteiger partial charge in [-0.25, -0.2) is 8.42 Å². The Morgan fingerprint density at radius 2 is 1.76 bits per heavy atom. The highest BCUT2D eigenvalue weighted by molar-refractivity contribution is 7.90. The molecule has 0 heterocycles. The Kier molecular flexibility index (Phi) is 4.61. The van der Waals surface area contributed by atoms with E-state index >= 15 is 0 Å². The van der Waals surface area contributed by atoms with Gasteiger partial charge in [0.05, 0.1) is 0 Å². The van der Waals surface area contributed by atoms with Gasteiger partial charge in [0.2, 0.25) is 0 Å². The summed E-state index contributed by atoms with van der Waals surface area (Å²) in [5, 5.41) is 10.8. The molecular formula is C24H28O4S. The van der Waals surface area contributed by atoms with E-state index in [2.05, 4.69) is 6.07 Å². The van der Waals surface area contributed by atoms with E-state index in [4.69, 9.17) is 4.74 Å². The molecule has 0 saturated heterocycles. The summed E-state index contributed by atoms with van der Waals surface area (Å²) in [6.07, 6.45) is 9.02. The molecule has 3 aliphatic carbocycles. The van der Waals surface area contributed by atoms with Crippen LogP contribution in [0.3, 0.4) is 0 Å².